The van der Waals surface area contributed by atoms with Gasteiger partial charge in [0, 0.05) is 45.4 Å². The molecule has 102 valence electrons. The predicted octanol–water partition coefficient (Wildman–Crippen LogP) is 1.45. The van der Waals surface area contributed by atoms with Crippen molar-refractivity contribution in [1.82, 2.24) is 5.32 Å². The summed E-state index contributed by atoms with van der Waals surface area (Å²) >= 11 is 0. The average Bonchev–Trinajstić information content (AvgIpc) is 2.80. The fourth-order valence-corrected chi connectivity index (χ4v) is 2.30. The topological polar surface area (TPSA) is 39.7 Å². The van der Waals surface area contributed by atoms with E-state index in [-0.39, 0.29) is 0 Å². The minimum absolute atomic E-state index is 0.324. The Balaban J connectivity index is 2.19. The molecule has 0 aliphatic carbocycles. The molecule has 1 unspecified atom stereocenters. The molecule has 0 bridgehead atoms. The van der Waals surface area contributed by atoms with Gasteiger partial charge in [-0.1, -0.05) is 0 Å². The lowest BCUT2D eigenvalue weighted by atomic mass is 9.82. The Kier molecular flexibility index (Phi) is 7.77. The van der Waals surface area contributed by atoms with Crippen LogP contribution in [0.15, 0.2) is 0 Å². The van der Waals surface area contributed by atoms with E-state index < -0.39 is 0 Å². The van der Waals surface area contributed by atoms with Crippen LogP contribution in [0.4, 0.5) is 0 Å². The monoisotopic (exact) mass is 245 g/mol. The van der Waals surface area contributed by atoms with E-state index in [0.717, 1.165) is 52.5 Å². The van der Waals surface area contributed by atoms with Crippen molar-refractivity contribution >= 4 is 0 Å². The van der Waals surface area contributed by atoms with E-state index in [0.29, 0.717) is 5.41 Å². The van der Waals surface area contributed by atoms with Gasteiger partial charge in [0.05, 0.1) is 13.2 Å². The number of hydrogen-bond acceptors (Lipinski definition) is 4. The first-order valence-corrected chi connectivity index (χ1v) is 6.68. The van der Waals surface area contributed by atoms with Crippen LogP contribution in [-0.2, 0) is 14.2 Å². The van der Waals surface area contributed by atoms with E-state index in [2.05, 4.69) is 5.32 Å². The smallest absolute Gasteiger partial charge is 0.0587 e. The van der Waals surface area contributed by atoms with Gasteiger partial charge in [-0.2, -0.15) is 0 Å². The summed E-state index contributed by atoms with van der Waals surface area (Å²) in [4.78, 5) is 0. The summed E-state index contributed by atoms with van der Waals surface area (Å²) in [5, 5.41) is 3.46. The van der Waals surface area contributed by atoms with Crippen LogP contribution in [0.2, 0.25) is 0 Å². The molecule has 0 saturated carbocycles. The van der Waals surface area contributed by atoms with Crippen molar-refractivity contribution in [3.8, 4) is 0 Å². The Morgan fingerprint density at radius 1 is 1.35 bits per heavy atom. The Bertz CT molecular complexity index is 168. The van der Waals surface area contributed by atoms with Crippen LogP contribution < -0.4 is 5.32 Å². The normalized spacial score (nSPS) is 24.4. The molecule has 0 aromatic carbocycles. The fraction of sp³-hybridized carbons (Fsp3) is 1.00. The molecule has 4 heteroatoms. The van der Waals surface area contributed by atoms with Gasteiger partial charge in [0.15, 0.2) is 0 Å². The first kappa shape index (κ1) is 14.9. The molecule has 1 fully saturated rings. The third kappa shape index (κ3) is 5.82. The summed E-state index contributed by atoms with van der Waals surface area (Å²) in [6.07, 6.45) is 3.48. The zero-order valence-corrected chi connectivity index (χ0v) is 11.3. The Morgan fingerprint density at radius 2 is 2.24 bits per heavy atom. The molecule has 1 N–H and O–H groups in total. The van der Waals surface area contributed by atoms with Crippen molar-refractivity contribution in [2.24, 2.45) is 5.41 Å². The lowest BCUT2D eigenvalue weighted by Gasteiger charge is -2.27. The van der Waals surface area contributed by atoms with E-state index in [4.69, 9.17) is 14.2 Å². The van der Waals surface area contributed by atoms with E-state index in [9.17, 15) is 0 Å². The minimum Gasteiger partial charge on any atom is -0.383 e. The molecular weight excluding hydrogens is 218 g/mol. The molecule has 1 atom stereocenters. The number of ether oxygens (including phenoxy) is 3. The highest BCUT2D eigenvalue weighted by molar-refractivity contribution is 4.85. The van der Waals surface area contributed by atoms with E-state index in [1.165, 1.54) is 12.8 Å². The third-order valence-corrected chi connectivity index (χ3v) is 3.37. The second-order valence-corrected chi connectivity index (χ2v) is 4.77. The second-order valence-electron chi connectivity index (χ2n) is 4.77. The molecule has 1 aliphatic heterocycles. The average molecular weight is 245 g/mol. The molecule has 17 heavy (non-hydrogen) atoms. The molecule has 1 aliphatic rings. The summed E-state index contributed by atoms with van der Waals surface area (Å²) in [5.41, 5.74) is 0.324. The van der Waals surface area contributed by atoms with Crippen molar-refractivity contribution in [3.63, 3.8) is 0 Å². The molecular formula is C13H27NO3. The number of nitrogens with one attached hydrogen (secondary N) is 1. The SMILES string of the molecule is CCOCCCC1(CNCCOC)CCOC1. The molecule has 0 radical (unpaired) electrons. The molecule has 1 saturated heterocycles. The van der Waals surface area contributed by atoms with Crippen molar-refractivity contribution < 1.29 is 14.2 Å². The highest BCUT2D eigenvalue weighted by Gasteiger charge is 2.33. The van der Waals surface area contributed by atoms with Crippen LogP contribution in [0.3, 0.4) is 0 Å². The van der Waals surface area contributed by atoms with Gasteiger partial charge in [-0.05, 0) is 26.2 Å². The summed E-state index contributed by atoms with van der Waals surface area (Å²) < 4.78 is 16.0. The third-order valence-electron chi connectivity index (χ3n) is 3.37. The molecule has 0 amide bonds. The largest absolute Gasteiger partial charge is 0.383 e. The summed E-state index contributed by atoms with van der Waals surface area (Å²) in [5.74, 6) is 0. The van der Waals surface area contributed by atoms with Gasteiger partial charge < -0.3 is 19.5 Å². The van der Waals surface area contributed by atoms with E-state index in [1.807, 2.05) is 6.92 Å². The molecule has 0 spiro atoms. The highest BCUT2D eigenvalue weighted by atomic mass is 16.5. The maximum atomic E-state index is 5.56. The standard InChI is InChI=1S/C13H27NO3/c1-3-16-8-4-5-13(6-9-17-12-13)11-14-7-10-15-2/h14H,3-12H2,1-2H3. The molecule has 1 heterocycles. The van der Waals surface area contributed by atoms with Crippen LogP contribution in [0.5, 0.6) is 0 Å². The van der Waals surface area contributed by atoms with Gasteiger partial charge >= 0.3 is 0 Å². The maximum absolute atomic E-state index is 5.56. The van der Waals surface area contributed by atoms with E-state index >= 15 is 0 Å². The van der Waals surface area contributed by atoms with Crippen LogP contribution in [0.25, 0.3) is 0 Å². The van der Waals surface area contributed by atoms with Crippen LogP contribution in [0, 0.1) is 5.41 Å². The zero-order valence-electron chi connectivity index (χ0n) is 11.3. The lowest BCUT2D eigenvalue weighted by molar-refractivity contribution is 0.110. The lowest BCUT2D eigenvalue weighted by Crippen LogP contribution is -2.36. The zero-order chi connectivity index (χ0) is 12.4. The predicted molar refractivity (Wildman–Crippen MR) is 68.3 cm³/mol. The Hall–Kier alpha value is -0.160. The quantitative estimate of drug-likeness (QED) is 0.591. The van der Waals surface area contributed by atoms with Crippen molar-refractivity contribution in [2.75, 3.05) is 53.2 Å². The maximum Gasteiger partial charge on any atom is 0.0587 e. The van der Waals surface area contributed by atoms with Crippen molar-refractivity contribution in [3.05, 3.63) is 0 Å². The molecule has 0 aromatic rings. The van der Waals surface area contributed by atoms with Gasteiger partial charge in [0.1, 0.15) is 0 Å². The van der Waals surface area contributed by atoms with Crippen molar-refractivity contribution in [1.29, 1.82) is 0 Å². The fourth-order valence-electron chi connectivity index (χ4n) is 2.30. The van der Waals surface area contributed by atoms with Gasteiger partial charge in [-0.15, -0.1) is 0 Å². The van der Waals surface area contributed by atoms with Crippen LogP contribution in [-0.4, -0.2) is 53.2 Å². The van der Waals surface area contributed by atoms with Crippen molar-refractivity contribution in [2.45, 2.75) is 26.2 Å². The van der Waals surface area contributed by atoms with Gasteiger partial charge in [-0.25, -0.2) is 0 Å². The van der Waals surface area contributed by atoms with Gasteiger partial charge in [0.25, 0.3) is 0 Å². The number of methoxy groups -OCH3 is 1. The van der Waals surface area contributed by atoms with E-state index in [1.54, 1.807) is 7.11 Å². The number of hydrogen-bond donors (Lipinski definition) is 1. The summed E-state index contributed by atoms with van der Waals surface area (Å²) in [6, 6.07) is 0. The summed E-state index contributed by atoms with van der Waals surface area (Å²) in [7, 11) is 1.73. The van der Waals surface area contributed by atoms with Gasteiger partial charge in [-0.3, -0.25) is 0 Å². The second kappa shape index (κ2) is 8.86. The Morgan fingerprint density at radius 3 is 2.88 bits per heavy atom. The number of rotatable bonds is 10. The molecule has 0 aromatic heterocycles. The van der Waals surface area contributed by atoms with Crippen LogP contribution in [0.1, 0.15) is 26.2 Å². The first-order valence-electron chi connectivity index (χ1n) is 6.68. The molecule has 1 rings (SSSR count). The Labute approximate surface area is 105 Å². The minimum atomic E-state index is 0.324. The van der Waals surface area contributed by atoms with Gasteiger partial charge in [0.2, 0.25) is 0 Å². The first-order chi connectivity index (χ1) is 8.33. The highest BCUT2D eigenvalue weighted by Crippen LogP contribution is 2.32. The van der Waals surface area contributed by atoms with Crippen LogP contribution >= 0.6 is 0 Å². The molecule has 4 nitrogen and oxygen atoms in total. The summed E-state index contributed by atoms with van der Waals surface area (Å²) in [6.45, 7) is 8.24.